The highest BCUT2D eigenvalue weighted by atomic mass is 32.2. The summed E-state index contributed by atoms with van der Waals surface area (Å²) in [5, 5.41) is 2.94. The van der Waals surface area contributed by atoms with E-state index < -0.39 is 16.0 Å². The molecule has 0 aliphatic rings. The van der Waals surface area contributed by atoms with E-state index in [0.29, 0.717) is 18.8 Å². The molecule has 0 radical (unpaired) electrons. The van der Waals surface area contributed by atoms with Gasteiger partial charge < -0.3 is 10.1 Å². The lowest BCUT2D eigenvalue weighted by atomic mass is 10.2. The smallest absolute Gasteiger partial charge is 0.332 e. The van der Waals surface area contributed by atoms with Gasteiger partial charge in [-0.1, -0.05) is 17.7 Å². The molecule has 0 aliphatic carbocycles. The van der Waals surface area contributed by atoms with Gasteiger partial charge in [0, 0.05) is 24.9 Å². The molecule has 0 bridgehead atoms. The van der Waals surface area contributed by atoms with E-state index in [1.54, 1.807) is 38.1 Å². The Morgan fingerprint density at radius 1 is 1.23 bits per heavy atom. The van der Waals surface area contributed by atoms with Crippen LogP contribution < -0.4 is 10.0 Å². The summed E-state index contributed by atoms with van der Waals surface area (Å²) in [7, 11) is -3.51. The zero-order chi connectivity index (χ0) is 16.6. The second kappa shape index (κ2) is 8.55. The number of rotatable bonds is 8. The number of esters is 1. The van der Waals surface area contributed by atoms with Gasteiger partial charge in [0.2, 0.25) is 10.0 Å². The molecule has 0 aromatic heterocycles. The SMILES string of the molecule is CCOC(=O)/C=C(\C)NCCNS(=O)(=O)c1ccc(C)cc1. The third-order valence-electron chi connectivity index (χ3n) is 2.77. The quantitative estimate of drug-likeness (QED) is 0.428. The maximum absolute atomic E-state index is 12.0. The molecule has 22 heavy (non-hydrogen) atoms. The molecule has 7 heteroatoms. The number of allylic oxidation sites excluding steroid dienone is 1. The van der Waals surface area contributed by atoms with Gasteiger partial charge in [-0.05, 0) is 32.9 Å². The molecule has 6 nitrogen and oxygen atoms in total. The van der Waals surface area contributed by atoms with Crippen molar-refractivity contribution in [1.82, 2.24) is 10.0 Å². The Morgan fingerprint density at radius 2 is 1.86 bits per heavy atom. The van der Waals surface area contributed by atoms with Crippen molar-refractivity contribution in [1.29, 1.82) is 0 Å². The zero-order valence-corrected chi connectivity index (χ0v) is 13.9. The van der Waals surface area contributed by atoms with E-state index in [0.717, 1.165) is 5.56 Å². The molecule has 0 unspecified atom stereocenters. The topological polar surface area (TPSA) is 84.5 Å². The maximum Gasteiger partial charge on any atom is 0.332 e. The van der Waals surface area contributed by atoms with Crippen molar-refractivity contribution >= 4 is 16.0 Å². The fourth-order valence-electron chi connectivity index (χ4n) is 1.66. The Kier molecular flexibility index (Phi) is 7.07. The fraction of sp³-hybridized carbons (Fsp3) is 0.400. The molecule has 0 atom stereocenters. The molecular weight excluding hydrogens is 304 g/mol. The largest absolute Gasteiger partial charge is 0.463 e. The molecule has 0 amide bonds. The van der Waals surface area contributed by atoms with Crippen LogP contribution in [0.2, 0.25) is 0 Å². The summed E-state index contributed by atoms with van der Waals surface area (Å²) < 4.78 is 31.3. The van der Waals surface area contributed by atoms with E-state index in [1.807, 2.05) is 6.92 Å². The Bertz CT molecular complexity index is 621. The highest BCUT2D eigenvalue weighted by Crippen LogP contribution is 2.09. The lowest BCUT2D eigenvalue weighted by Crippen LogP contribution is -2.31. The summed E-state index contributed by atoms with van der Waals surface area (Å²) in [6.07, 6.45) is 1.33. The monoisotopic (exact) mass is 326 g/mol. The van der Waals surface area contributed by atoms with Crippen molar-refractivity contribution in [2.75, 3.05) is 19.7 Å². The highest BCUT2D eigenvalue weighted by molar-refractivity contribution is 7.89. The zero-order valence-electron chi connectivity index (χ0n) is 13.0. The van der Waals surface area contributed by atoms with E-state index in [4.69, 9.17) is 4.74 Å². The number of carbonyl (C=O) groups excluding carboxylic acids is 1. The minimum atomic E-state index is -3.51. The van der Waals surface area contributed by atoms with Gasteiger partial charge in [0.05, 0.1) is 11.5 Å². The molecule has 1 aromatic rings. The van der Waals surface area contributed by atoms with Crippen molar-refractivity contribution in [3.8, 4) is 0 Å². The predicted molar refractivity (Wildman–Crippen MR) is 84.8 cm³/mol. The van der Waals surface area contributed by atoms with Gasteiger partial charge in [-0.3, -0.25) is 0 Å². The Morgan fingerprint density at radius 3 is 2.45 bits per heavy atom. The summed E-state index contributed by atoms with van der Waals surface area (Å²) in [6.45, 7) is 6.24. The molecule has 0 saturated carbocycles. The van der Waals surface area contributed by atoms with Crippen molar-refractivity contribution in [2.24, 2.45) is 0 Å². The summed E-state index contributed by atoms with van der Waals surface area (Å²) in [4.78, 5) is 11.4. The van der Waals surface area contributed by atoms with Crippen LogP contribution in [-0.2, 0) is 19.6 Å². The van der Waals surface area contributed by atoms with Crippen LogP contribution in [0.1, 0.15) is 19.4 Å². The van der Waals surface area contributed by atoms with Gasteiger partial charge >= 0.3 is 5.97 Å². The molecule has 2 N–H and O–H groups in total. The first kappa shape index (κ1) is 18.2. The second-order valence-electron chi connectivity index (χ2n) is 4.72. The molecule has 0 aliphatic heterocycles. The van der Waals surface area contributed by atoms with E-state index in [1.165, 1.54) is 6.08 Å². The van der Waals surface area contributed by atoms with Crippen LogP contribution in [0.5, 0.6) is 0 Å². The number of ether oxygens (including phenoxy) is 1. The number of aryl methyl sites for hydroxylation is 1. The van der Waals surface area contributed by atoms with Gasteiger partial charge in [-0.15, -0.1) is 0 Å². The number of hydrogen-bond donors (Lipinski definition) is 2. The van der Waals surface area contributed by atoms with Crippen molar-refractivity contribution < 1.29 is 17.9 Å². The van der Waals surface area contributed by atoms with E-state index in [9.17, 15) is 13.2 Å². The normalized spacial score (nSPS) is 12.0. The minimum Gasteiger partial charge on any atom is -0.463 e. The van der Waals surface area contributed by atoms with Crippen molar-refractivity contribution in [3.63, 3.8) is 0 Å². The van der Waals surface area contributed by atoms with Gasteiger partial charge in [-0.2, -0.15) is 0 Å². The summed E-state index contributed by atoms with van der Waals surface area (Å²) >= 11 is 0. The van der Waals surface area contributed by atoms with E-state index >= 15 is 0 Å². The summed E-state index contributed by atoms with van der Waals surface area (Å²) in [5.74, 6) is -0.423. The van der Waals surface area contributed by atoms with Crippen molar-refractivity contribution in [2.45, 2.75) is 25.7 Å². The van der Waals surface area contributed by atoms with Crippen LogP contribution in [0.3, 0.4) is 0 Å². The number of hydrogen-bond acceptors (Lipinski definition) is 5. The number of nitrogens with one attached hydrogen (secondary N) is 2. The summed E-state index contributed by atoms with van der Waals surface area (Å²) in [5.41, 5.74) is 1.62. The number of carbonyl (C=O) groups is 1. The Balaban J connectivity index is 2.43. The highest BCUT2D eigenvalue weighted by Gasteiger charge is 2.12. The van der Waals surface area contributed by atoms with Crippen LogP contribution in [0.4, 0.5) is 0 Å². The molecule has 0 spiro atoms. The van der Waals surface area contributed by atoms with Crippen LogP contribution in [0.25, 0.3) is 0 Å². The lowest BCUT2D eigenvalue weighted by Gasteiger charge is -2.09. The van der Waals surface area contributed by atoms with Gasteiger partial charge in [0.1, 0.15) is 0 Å². The molecule has 0 heterocycles. The maximum atomic E-state index is 12.0. The summed E-state index contributed by atoms with van der Waals surface area (Å²) in [6, 6.07) is 6.63. The first-order chi connectivity index (χ1) is 10.3. The molecule has 1 rings (SSSR count). The number of benzene rings is 1. The van der Waals surface area contributed by atoms with Crippen molar-refractivity contribution in [3.05, 3.63) is 41.6 Å². The molecule has 0 fully saturated rings. The van der Waals surface area contributed by atoms with Gasteiger partial charge in [0.15, 0.2) is 0 Å². The molecule has 122 valence electrons. The number of sulfonamides is 1. The van der Waals surface area contributed by atoms with Crippen LogP contribution in [-0.4, -0.2) is 34.1 Å². The fourth-order valence-corrected chi connectivity index (χ4v) is 2.69. The lowest BCUT2D eigenvalue weighted by molar-refractivity contribution is -0.137. The second-order valence-corrected chi connectivity index (χ2v) is 6.48. The predicted octanol–water partition coefficient (Wildman–Crippen LogP) is 1.33. The minimum absolute atomic E-state index is 0.213. The van der Waals surface area contributed by atoms with E-state index in [-0.39, 0.29) is 11.4 Å². The van der Waals surface area contributed by atoms with Gasteiger partial charge in [0.25, 0.3) is 0 Å². The van der Waals surface area contributed by atoms with Crippen LogP contribution in [0.15, 0.2) is 40.9 Å². The molecular formula is C15H22N2O4S. The van der Waals surface area contributed by atoms with Crippen LogP contribution in [0, 0.1) is 6.92 Å². The molecule has 0 saturated heterocycles. The molecule has 1 aromatic carbocycles. The van der Waals surface area contributed by atoms with E-state index in [2.05, 4.69) is 10.0 Å². The average molecular weight is 326 g/mol. The first-order valence-corrected chi connectivity index (χ1v) is 8.48. The third-order valence-corrected chi connectivity index (χ3v) is 4.25. The first-order valence-electron chi connectivity index (χ1n) is 7.00. The van der Waals surface area contributed by atoms with Gasteiger partial charge in [-0.25, -0.2) is 17.9 Å². The average Bonchev–Trinajstić information content (AvgIpc) is 2.44. The van der Waals surface area contributed by atoms with Crippen LogP contribution >= 0.6 is 0 Å². The third kappa shape index (κ3) is 6.28. The standard InChI is InChI=1S/C15H22N2O4S/c1-4-21-15(18)11-13(3)16-9-10-17-22(19,20)14-7-5-12(2)6-8-14/h5-8,11,16-17H,4,9-10H2,1-3H3/b13-11+. The Hall–Kier alpha value is -1.86. The Labute approximate surface area is 131 Å².